The van der Waals surface area contributed by atoms with Gasteiger partial charge < -0.3 is 15.0 Å². The predicted octanol–water partition coefficient (Wildman–Crippen LogP) is 4.08. The topological polar surface area (TPSA) is 61.9 Å². The minimum Gasteiger partial charge on any atom is -0.379 e. The summed E-state index contributed by atoms with van der Waals surface area (Å²) in [6.45, 7) is 4.92. The molecule has 0 radical (unpaired) electrons. The Hall–Kier alpha value is -3.13. The molecule has 0 aromatic heterocycles. The van der Waals surface area contributed by atoms with E-state index in [0.29, 0.717) is 24.4 Å². The van der Waals surface area contributed by atoms with Crippen molar-refractivity contribution < 1.29 is 14.3 Å². The Morgan fingerprint density at radius 1 is 0.972 bits per heavy atom. The fourth-order valence-corrected chi connectivity index (χ4v) is 5.79. The van der Waals surface area contributed by atoms with Crippen molar-refractivity contribution in [2.75, 3.05) is 37.7 Å². The van der Waals surface area contributed by atoms with Gasteiger partial charge >= 0.3 is 0 Å². The molecule has 2 amide bonds. The second-order valence-electron chi connectivity index (χ2n) is 9.92. The van der Waals surface area contributed by atoms with Crippen LogP contribution >= 0.6 is 12.2 Å². The number of hydrogen-bond acceptors (Lipinski definition) is 5. The SMILES string of the molecule is O=C1NC(=S)CCC1CN1C(=O)c2cccc3c(Cc4ccc(CN5CCOCC5)cc4)ccc1c23. The third-order valence-electron chi connectivity index (χ3n) is 7.56. The van der Waals surface area contributed by atoms with Crippen LogP contribution in [0, 0.1) is 5.92 Å². The van der Waals surface area contributed by atoms with Gasteiger partial charge in [-0.15, -0.1) is 0 Å². The third kappa shape index (κ3) is 4.43. The van der Waals surface area contributed by atoms with Crippen molar-refractivity contribution in [3.05, 3.63) is 76.9 Å². The summed E-state index contributed by atoms with van der Waals surface area (Å²) in [5.41, 5.74) is 5.38. The summed E-state index contributed by atoms with van der Waals surface area (Å²) in [4.78, 5) is 30.6. The van der Waals surface area contributed by atoms with E-state index in [9.17, 15) is 9.59 Å². The number of amides is 2. The lowest BCUT2D eigenvalue weighted by molar-refractivity contribution is -0.123. The van der Waals surface area contributed by atoms with Crippen LogP contribution in [0.4, 0.5) is 5.69 Å². The van der Waals surface area contributed by atoms with Gasteiger partial charge in [0.25, 0.3) is 5.91 Å². The van der Waals surface area contributed by atoms with Crippen LogP contribution in [0.25, 0.3) is 10.8 Å². The van der Waals surface area contributed by atoms with Gasteiger partial charge in [0.1, 0.15) is 0 Å². The summed E-state index contributed by atoms with van der Waals surface area (Å²) < 4.78 is 5.45. The van der Waals surface area contributed by atoms with E-state index in [-0.39, 0.29) is 17.7 Å². The van der Waals surface area contributed by atoms with Gasteiger partial charge in [0.05, 0.1) is 29.8 Å². The molecule has 7 heteroatoms. The molecule has 1 atom stereocenters. The fraction of sp³-hybridized carbons (Fsp3) is 0.345. The normalized spacial score (nSPS) is 20.3. The number of hydrogen-bond donors (Lipinski definition) is 1. The molecular formula is C29H29N3O3S. The second-order valence-corrected chi connectivity index (χ2v) is 10.4. The monoisotopic (exact) mass is 499 g/mol. The number of benzene rings is 3. The Bertz CT molecular complexity index is 1350. The lowest BCUT2D eigenvalue weighted by Gasteiger charge is -2.27. The van der Waals surface area contributed by atoms with Crippen molar-refractivity contribution in [2.24, 2.45) is 5.92 Å². The van der Waals surface area contributed by atoms with Crippen molar-refractivity contribution in [2.45, 2.75) is 25.8 Å². The van der Waals surface area contributed by atoms with Crippen molar-refractivity contribution in [3.63, 3.8) is 0 Å². The standard InChI is InChI=1S/C29H29N3O3S/c33-28-22(9-11-26(36)30-28)18-32-25-10-8-21(23-2-1-3-24(27(23)25)29(32)34)16-19-4-6-20(7-5-19)17-31-12-14-35-15-13-31/h1-8,10,22H,9,11-18H2,(H,30,33,36). The van der Waals surface area contributed by atoms with Gasteiger partial charge in [0.2, 0.25) is 5.91 Å². The number of ether oxygens (including phenoxy) is 1. The molecule has 0 spiro atoms. The van der Waals surface area contributed by atoms with Gasteiger partial charge in [-0.3, -0.25) is 14.5 Å². The highest BCUT2D eigenvalue weighted by atomic mass is 32.1. The summed E-state index contributed by atoms with van der Waals surface area (Å²) in [6.07, 6.45) is 2.16. The van der Waals surface area contributed by atoms with Crippen LogP contribution in [-0.2, 0) is 22.5 Å². The van der Waals surface area contributed by atoms with E-state index in [1.165, 1.54) is 16.7 Å². The van der Waals surface area contributed by atoms with E-state index in [1.807, 2.05) is 18.2 Å². The van der Waals surface area contributed by atoms with Gasteiger partial charge in [-0.1, -0.05) is 54.7 Å². The van der Waals surface area contributed by atoms with Gasteiger partial charge in [0.15, 0.2) is 0 Å². The van der Waals surface area contributed by atoms with Crippen LogP contribution in [0.1, 0.15) is 39.9 Å². The van der Waals surface area contributed by atoms with Crippen molar-refractivity contribution >= 4 is 45.5 Å². The summed E-state index contributed by atoms with van der Waals surface area (Å²) in [5.74, 6) is -0.359. The highest BCUT2D eigenvalue weighted by molar-refractivity contribution is 7.80. The molecular weight excluding hydrogens is 470 g/mol. The Balaban J connectivity index is 1.23. The van der Waals surface area contributed by atoms with Crippen LogP contribution < -0.4 is 10.2 Å². The molecule has 36 heavy (non-hydrogen) atoms. The quantitative estimate of drug-likeness (QED) is 0.518. The molecule has 6 nitrogen and oxygen atoms in total. The van der Waals surface area contributed by atoms with E-state index in [2.05, 4.69) is 46.6 Å². The number of nitrogens with zero attached hydrogens (tertiary/aromatic N) is 2. The Morgan fingerprint density at radius 2 is 1.75 bits per heavy atom. The highest BCUT2D eigenvalue weighted by Gasteiger charge is 2.35. The molecule has 3 heterocycles. The molecule has 3 aromatic carbocycles. The molecule has 2 fully saturated rings. The van der Waals surface area contributed by atoms with Gasteiger partial charge in [0, 0.05) is 37.1 Å². The number of morpholine rings is 1. The van der Waals surface area contributed by atoms with E-state index in [4.69, 9.17) is 17.0 Å². The maximum atomic E-state index is 13.3. The number of rotatable bonds is 6. The molecule has 1 N–H and O–H groups in total. The maximum Gasteiger partial charge on any atom is 0.259 e. The van der Waals surface area contributed by atoms with E-state index < -0.39 is 0 Å². The van der Waals surface area contributed by atoms with E-state index in [1.54, 1.807) is 4.90 Å². The first kappa shape index (κ1) is 23.3. The number of anilines is 1. The average molecular weight is 500 g/mol. The minimum atomic E-state index is -0.249. The van der Waals surface area contributed by atoms with Crippen LogP contribution in [0.3, 0.4) is 0 Å². The highest BCUT2D eigenvalue weighted by Crippen LogP contribution is 2.40. The number of carbonyl (C=O) groups excluding carboxylic acids is 2. The maximum absolute atomic E-state index is 13.3. The van der Waals surface area contributed by atoms with Gasteiger partial charge in [-0.05, 0) is 53.5 Å². The van der Waals surface area contributed by atoms with Crippen LogP contribution in [0.2, 0.25) is 0 Å². The van der Waals surface area contributed by atoms with Gasteiger partial charge in [-0.25, -0.2) is 0 Å². The lowest BCUT2D eigenvalue weighted by atomic mass is 9.95. The third-order valence-corrected chi connectivity index (χ3v) is 7.87. The van der Waals surface area contributed by atoms with E-state index >= 15 is 0 Å². The Labute approximate surface area is 216 Å². The van der Waals surface area contributed by atoms with E-state index in [0.717, 1.165) is 61.3 Å². The molecule has 1 unspecified atom stereocenters. The number of piperidine rings is 1. The molecule has 0 saturated carbocycles. The largest absolute Gasteiger partial charge is 0.379 e. The predicted molar refractivity (Wildman–Crippen MR) is 144 cm³/mol. The smallest absolute Gasteiger partial charge is 0.259 e. The average Bonchev–Trinajstić information content (AvgIpc) is 3.16. The molecule has 3 aliphatic heterocycles. The van der Waals surface area contributed by atoms with Crippen molar-refractivity contribution in [1.29, 1.82) is 0 Å². The molecule has 184 valence electrons. The molecule has 0 aliphatic carbocycles. The van der Waals surface area contributed by atoms with Crippen LogP contribution in [-0.4, -0.2) is 54.6 Å². The lowest BCUT2D eigenvalue weighted by Crippen LogP contribution is -2.45. The molecule has 3 aliphatic rings. The first-order valence-corrected chi connectivity index (χ1v) is 13.1. The summed E-state index contributed by atoms with van der Waals surface area (Å²) >= 11 is 5.14. The molecule has 0 bridgehead atoms. The Morgan fingerprint density at radius 3 is 2.53 bits per heavy atom. The second kappa shape index (κ2) is 9.73. The summed E-state index contributed by atoms with van der Waals surface area (Å²) in [6, 6.07) is 19.0. The number of carbonyl (C=O) groups is 2. The summed E-state index contributed by atoms with van der Waals surface area (Å²) in [5, 5.41) is 4.87. The van der Waals surface area contributed by atoms with Crippen molar-refractivity contribution in [1.82, 2.24) is 10.2 Å². The number of thiocarbonyl (C=S) groups is 1. The number of nitrogens with one attached hydrogen (secondary N) is 1. The molecule has 2 saturated heterocycles. The minimum absolute atomic E-state index is 0.0267. The Kier molecular flexibility index (Phi) is 6.29. The van der Waals surface area contributed by atoms with Gasteiger partial charge in [-0.2, -0.15) is 0 Å². The van der Waals surface area contributed by atoms with Crippen LogP contribution in [0.15, 0.2) is 54.6 Å². The molecule has 3 aromatic rings. The first-order chi connectivity index (χ1) is 17.6. The van der Waals surface area contributed by atoms with Crippen LogP contribution in [0.5, 0.6) is 0 Å². The zero-order valence-electron chi connectivity index (χ0n) is 20.2. The fourth-order valence-electron chi connectivity index (χ4n) is 5.57. The molecule has 6 rings (SSSR count). The summed E-state index contributed by atoms with van der Waals surface area (Å²) in [7, 11) is 0. The van der Waals surface area contributed by atoms with Crippen molar-refractivity contribution in [3.8, 4) is 0 Å². The zero-order valence-corrected chi connectivity index (χ0v) is 21.0. The first-order valence-electron chi connectivity index (χ1n) is 12.6. The zero-order chi connectivity index (χ0) is 24.6.